The summed E-state index contributed by atoms with van der Waals surface area (Å²) in [6.45, 7) is 0. The Bertz CT molecular complexity index is 2070. The minimum absolute atomic E-state index is 0.0677. The van der Waals surface area contributed by atoms with E-state index in [1.54, 1.807) is 0 Å². The lowest BCUT2D eigenvalue weighted by molar-refractivity contribution is 0.0651. The standard InChI is InChI=1S/C14H8O8.C14H4O6/c15-11(16)7-1-5-2-9(13(19)20)10(14(21)22)4-6(5)3-8(7)12(17)18;15-11-5-1-2-6(12(16)19-11)10-8-4-3-7(9(5)10)13(17)20-14(8)18/h1-4H,(H,15,16)(H,17,18)(H,19,20)(H,21,22);1-4H. The molecule has 14 heteroatoms. The van der Waals surface area contributed by atoms with Gasteiger partial charge in [-0.25, -0.2) is 38.4 Å². The van der Waals surface area contributed by atoms with E-state index in [1.165, 1.54) is 24.3 Å². The number of carboxylic acids is 4. The zero-order valence-corrected chi connectivity index (χ0v) is 20.5. The summed E-state index contributed by atoms with van der Waals surface area (Å²) in [6.07, 6.45) is 0. The lowest BCUT2D eigenvalue weighted by Crippen LogP contribution is -2.10. The van der Waals surface area contributed by atoms with E-state index in [1.807, 2.05) is 0 Å². The summed E-state index contributed by atoms with van der Waals surface area (Å²) in [5.41, 5.74) is -5.44. The maximum absolute atomic E-state index is 11.9. The van der Waals surface area contributed by atoms with E-state index < -0.39 is 68.6 Å². The highest BCUT2D eigenvalue weighted by Crippen LogP contribution is 2.28. The molecular weight excluding hydrogens is 560 g/mol. The van der Waals surface area contributed by atoms with Crippen LogP contribution in [0.1, 0.15) is 41.4 Å². The molecule has 4 bridgehead atoms. The largest absolute Gasteiger partial charge is 0.478 e. The van der Waals surface area contributed by atoms with Gasteiger partial charge in [-0.15, -0.1) is 0 Å². The molecule has 0 aliphatic rings. The normalized spacial score (nSPS) is 11.0. The summed E-state index contributed by atoms with van der Waals surface area (Å²) >= 11 is 0. The fourth-order valence-electron chi connectivity index (χ4n) is 4.62. The number of rotatable bonds is 4. The summed E-state index contributed by atoms with van der Waals surface area (Å²) < 4.78 is 9.30. The molecule has 0 aliphatic heterocycles. The topological polar surface area (TPSA) is 244 Å². The summed E-state index contributed by atoms with van der Waals surface area (Å²) in [7, 11) is 0. The van der Waals surface area contributed by atoms with E-state index in [-0.39, 0.29) is 43.1 Å². The van der Waals surface area contributed by atoms with Gasteiger partial charge in [-0.3, -0.25) is 0 Å². The third-order valence-electron chi connectivity index (χ3n) is 6.45. The van der Waals surface area contributed by atoms with Crippen LogP contribution in [0.5, 0.6) is 0 Å². The molecule has 4 aromatic heterocycles. The van der Waals surface area contributed by atoms with E-state index in [9.17, 15) is 38.4 Å². The van der Waals surface area contributed by atoms with Crippen molar-refractivity contribution in [1.82, 2.24) is 0 Å². The smallest absolute Gasteiger partial charge is 0.346 e. The van der Waals surface area contributed by atoms with Gasteiger partial charge in [0.05, 0.1) is 43.8 Å². The van der Waals surface area contributed by atoms with Crippen molar-refractivity contribution < 1.29 is 48.4 Å². The van der Waals surface area contributed by atoms with Crippen molar-refractivity contribution in [3.8, 4) is 0 Å². The van der Waals surface area contributed by atoms with Gasteiger partial charge in [0.25, 0.3) is 0 Å². The van der Waals surface area contributed by atoms with Crippen molar-refractivity contribution >= 4 is 67.0 Å². The maximum atomic E-state index is 11.9. The van der Waals surface area contributed by atoms with Gasteiger partial charge in [-0.1, -0.05) is 0 Å². The van der Waals surface area contributed by atoms with Crippen molar-refractivity contribution in [2.24, 2.45) is 0 Å². The molecule has 0 saturated carbocycles. The molecule has 0 saturated heterocycles. The molecule has 0 atom stereocenters. The highest BCUT2D eigenvalue weighted by molar-refractivity contribution is 6.21. The quantitative estimate of drug-likeness (QED) is 0.237. The first-order valence-electron chi connectivity index (χ1n) is 11.5. The Morgan fingerprint density at radius 3 is 0.833 bits per heavy atom. The molecule has 0 spiro atoms. The zero-order valence-electron chi connectivity index (χ0n) is 20.5. The third-order valence-corrected chi connectivity index (χ3v) is 6.45. The van der Waals surface area contributed by atoms with Crippen molar-refractivity contribution in [1.29, 1.82) is 0 Å². The summed E-state index contributed by atoms with van der Waals surface area (Å²) in [4.78, 5) is 91.8. The number of carbonyl (C=O) groups is 4. The molecule has 0 fully saturated rings. The highest BCUT2D eigenvalue weighted by Gasteiger charge is 2.22. The molecule has 208 valence electrons. The second-order valence-electron chi connectivity index (χ2n) is 8.79. The van der Waals surface area contributed by atoms with Crippen LogP contribution in [0.3, 0.4) is 0 Å². The van der Waals surface area contributed by atoms with Crippen LogP contribution in [0.25, 0.3) is 43.1 Å². The lowest BCUT2D eigenvalue weighted by Gasteiger charge is -2.08. The fraction of sp³-hybridized carbons (Fsp3) is 0. The Balaban J connectivity index is 0.000000168. The molecule has 4 aromatic carbocycles. The van der Waals surface area contributed by atoms with Crippen molar-refractivity contribution in [3.05, 3.63) is 112 Å². The van der Waals surface area contributed by atoms with E-state index in [0.717, 1.165) is 24.3 Å². The van der Waals surface area contributed by atoms with E-state index in [0.29, 0.717) is 0 Å². The molecule has 0 aliphatic carbocycles. The first-order chi connectivity index (χ1) is 19.8. The second kappa shape index (κ2) is 9.63. The van der Waals surface area contributed by atoms with Gasteiger partial charge in [-0.05, 0) is 59.3 Å². The Labute approximate surface area is 228 Å². The van der Waals surface area contributed by atoms with E-state index in [4.69, 9.17) is 20.4 Å². The first-order valence-corrected chi connectivity index (χ1v) is 11.5. The average Bonchev–Trinajstić information content (AvgIpc) is 3.26. The van der Waals surface area contributed by atoms with Gasteiger partial charge in [0, 0.05) is 10.8 Å². The predicted molar refractivity (Wildman–Crippen MR) is 143 cm³/mol. The lowest BCUT2D eigenvalue weighted by atomic mass is 9.96. The fourth-order valence-corrected chi connectivity index (χ4v) is 4.62. The number of benzene rings is 4. The van der Waals surface area contributed by atoms with Crippen molar-refractivity contribution in [3.63, 3.8) is 0 Å². The Kier molecular flexibility index (Phi) is 6.23. The average molecular weight is 572 g/mol. The predicted octanol–water partition coefficient (Wildman–Crippen LogP) is 2.28. The Morgan fingerprint density at radius 1 is 0.429 bits per heavy atom. The van der Waals surface area contributed by atoms with Crippen LogP contribution in [0.4, 0.5) is 0 Å². The van der Waals surface area contributed by atoms with E-state index in [2.05, 4.69) is 8.83 Å². The third kappa shape index (κ3) is 4.24. The van der Waals surface area contributed by atoms with Crippen molar-refractivity contribution in [2.75, 3.05) is 0 Å². The number of hydrogen-bond acceptors (Lipinski definition) is 10. The monoisotopic (exact) mass is 572 g/mol. The van der Waals surface area contributed by atoms with E-state index >= 15 is 0 Å². The minimum atomic E-state index is -1.49. The Morgan fingerprint density at radius 2 is 0.643 bits per heavy atom. The van der Waals surface area contributed by atoms with Crippen molar-refractivity contribution in [2.45, 2.75) is 0 Å². The van der Waals surface area contributed by atoms with Crippen LogP contribution in [-0.4, -0.2) is 44.3 Å². The van der Waals surface area contributed by atoms with Crippen LogP contribution < -0.4 is 22.5 Å². The SMILES string of the molecule is O=C(O)c1cc2cc(C(=O)O)c(C(=O)O)cc2cc1C(=O)O.O=c1oc(=O)c2ccc1c1c3ccc(c(=O)oc3=O)c21. The van der Waals surface area contributed by atoms with Crippen LogP contribution >= 0.6 is 0 Å². The number of hydrogen-bond donors (Lipinski definition) is 4. The molecule has 8 aromatic rings. The molecular formula is C28H12O14. The van der Waals surface area contributed by atoms with Gasteiger partial charge in [0.1, 0.15) is 0 Å². The van der Waals surface area contributed by atoms with Gasteiger partial charge in [-0.2, -0.15) is 0 Å². The number of aromatic carboxylic acids is 4. The molecule has 4 heterocycles. The van der Waals surface area contributed by atoms with Crippen LogP contribution in [-0.2, 0) is 0 Å². The molecule has 42 heavy (non-hydrogen) atoms. The molecule has 0 radical (unpaired) electrons. The van der Waals surface area contributed by atoms with Gasteiger partial charge >= 0.3 is 46.4 Å². The van der Waals surface area contributed by atoms with Crippen LogP contribution in [0.2, 0.25) is 0 Å². The number of carboxylic acid groups (broad SMARTS) is 4. The minimum Gasteiger partial charge on any atom is -0.478 e. The second-order valence-corrected chi connectivity index (χ2v) is 8.79. The Hall–Kier alpha value is -6.44. The molecule has 14 nitrogen and oxygen atoms in total. The van der Waals surface area contributed by atoms with Crippen LogP contribution in [0.15, 0.2) is 76.5 Å². The van der Waals surface area contributed by atoms with Crippen LogP contribution in [0, 0.1) is 0 Å². The molecule has 8 rings (SSSR count). The maximum Gasteiger partial charge on any atom is 0.346 e. The highest BCUT2D eigenvalue weighted by atomic mass is 16.4. The first kappa shape index (κ1) is 27.1. The number of fused-ring (bicyclic) bond motifs is 7. The van der Waals surface area contributed by atoms with Gasteiger partial charge in [0.15, 0.2) is 0 Å². The van der Waals surface area contributed by atoms with Gasteiger partial charge in [0.2, 0.25) is 0 Å². The molecule has 0 amide bonds. The molecule has 4 N–H and O–H groups in total. The summed E-state index contributed by atoms with van der Waals surface area (Å²) in [5.74, 6) is -5.95. The summed E-state index contributed by atoms with van der Waals surface area (Å²) in [5, 5.41) is 37.0. The zero-order chi connectivity index (χ0) is 30.6. The summed E-state index contributed by atoms with van der Waals surface area (Å²) in [6, 6.07) is 9.61. The molecule has 0 unspecified atom stereocenters. The van der Waals surface area contributed by atoms with Gasteiger partial charge < -0.3 is 29.3 Å².